The molecule has 0 saturated carbocycles. The van der Waals surface area contributed by atoms with E-state index in [0.717, 1.165) is 0 Å². The maximum atomic E-state index is 11.3. The molecule has 0 spiro atoms. The van der Waals surface area contributed by atoms with Crippen molar-refractivity contribution in [2.24, 2.45) is 4.99 Å². The number of benzene rings is 3. The molecule has 1 aromatic heterocycles. The van der Waals surface area contributed by atoms with Gasteiger partial charge in [0.1, 0.15) is 11.3 Å². The minimum absolute atomic E-state index is 0.102. The number of aliphatic imine (C=N–C) groups is 1. The Morgan fingerprint density at radius 3 is 2.58 bits per heavy atom. The normalized spacial score (nSPS) is 11.5. The molecule has 31 heavy (non-hydrogen) atoms. The van der Waals surface area contributed by atoms with Crippen LogP contribution in [0.2, 0.25) is 5.02 Å². The van der Waals surface area contributed by atoms with Crippen molar-refractivity contribution >= 4 is 40.3 Å². The number of oxazole rings is 1. The highest BCUT2D eigenvalue weighted by atomic mass is 35.5. The van der Waals surface area contributed by atoms with Crippen LogP contribution in [-0.4, -0.2) is 26.3 Å². The fraction of sp³-hybridized carbons (Fsp3) is 0.0909. The number of nitro groups is 1. The number of nitrogens with zero attached hydrogens (tertiary/aromatic N) is 3. The minimum atomic E-state index is -0.686. The van der Waals surface area contributed by atoms with E-state index in [-0.39, 0.29) is 27.8 Å². The van der Waals surface area contributed by atoms with Crippen LogP contribution >= 0.6 is 11.6 Å². The Morgan fingerprint density at radius 1 is 1.16 bits per heavy atom. The van der Waals surface area contributed by atoms with Gasteiger partial charge in [0.2, 0.25) is 11.6 Å². The monoisotopic (exact) mass is 437 g/mol. The molecule has 0 aliphatic rings. The minimum Gasteiger partial charge on any atom is -0.507 e. The van der Waals surface area contributed by atoms with E-state index in [0.29, 0.717) is 27.9 Å². The molecule has 1 heterocycles. The number of fused-ring (bicyclic) bond motifs is 1. The number of para-hydroxylation sites is 2. The smallest absolute Gasteiger partial charge is 0.315 e. The Hall–Kier alpha value is -3.91. The highest BCUT2D eigenvalue weighted by Gasteiger charge is 2.25. The summed E-state index contributed by atoms with van der Waals surface area (Å²) in [6.07, 6.45) is 1.27. The van der Waals surface area contributed by atoms with E-state index in [1.165, 1.54) is 19.2 Å². The lowest BCUT2D eigenvalue weighted by Crippen LogP contribution is -2.00. The first-order valence-corrected chi connectivity index (χ1v) is 9.54. The zero-order valence-electron chi connectivity index (χ0n) is 16.5. The molecule has 0 fully saturated rings. The van der Waals surface area contributed by atoms with E-state index in [1.807, 2.05) is 12.1 Å². The zero-order valence-corrected chi connectivity index (χ0v) is 17.2. The molecule has 0 saturated heterocycles. The van der Waals surface area contributed by atoms with Crippen LogP contribution in [0.3, 0.4) is 0 Å². The van der Waals surface area contributed by atoms with Crippen molar-refractivity contribution < 1.29 is 19.6 Å². The van der Waals surface area contributed by atoms with E-state index in [4.69, 9.17) is 16.0 Å². The SMILES string of the molecule is Cc1c(Cl)c(C)c([N+](=O)[O-])c(O)c1C=Nc1ccc(-c2nc3ccccc3o2)c(O)c1. The van der Waals surface area contributed by atoms with Gasteiger partial charge >= 0.3 is 5.69 Å². The summed E-state index contributed by atoms with van der Waals surface area (Å²) in [7, 11) is 0. The number of aromatic hydroxyl groups is 2. The summed E-state index contributed by atoms with van der Waals surface area (Å²) in [6.45, 7) is 3.10. The summed E-state index contributed by atoms with van der Waals surface area (Å²) in [4.78, 5) is 19.2. The van der Waals surface area contributed by atoms with Crippen molar-refractivity contribution in [2.45, 2.75) is 13.8 Å². The fourth-order valence-electron chi connectivity index (χ4n) is 3.28. The quantitative estimate of drug-likeness (QED) is 0.235. The molecule has 156 valence electrons. The van der Waals surface area contributed by atoms with Crippen LogP contribution in [0.25, 0.3) is 22.6 Å². The predicted octanol–water partition coefficient (Wildman–Crippen LogP) is 5.84. The van der Waals surface area contributed by atoms with Gasteiger partial charge in [-0.1, -0.05) is 23.7 Å². The van der Waals surface area contributed by atoms with Gasteiger partial charge in [-0.2, -0.15) is 0 Å². The Balaban J connectivity index is 1.71. The van der Waals surface area contributed by atoms with Crippen LogP contribution < -0.4 is 0 Å². The van der Waals surface area contributed by atoms with E-state index in [2.05, 4.69) is 9.98 Å². The third kappa shape index (κ3) is 3.57. The van der Waals surface area contributed by atoms with Crippen molar-refractivity contribution in [3.8, 4) is 23.0 Å². The molecular weight excluding hydrogens is 422 g/mol. The first-order valence-electron chi connectivity index (χ1n) is 9.17. The number of halogens is 1. The lowest BCUT2D eigenvalue weighted by molar-refractivity contribution is -0.386. The number of rotatable bonds is 4. The molecule has 8 nitrogen and oxygen atoms in total. The molecule has 0 unspecified atom stereocenters. The topological polar surface area (TPSA) is 122 Å². The standard InChI is InChI=1S/C22H16ClN3O5/c1-11-15(21(28)20(26(29)30)12(2)19(11)23)10-24-13-7-8-14(17(27)9-13)22-25-16-5-3-4-6-18(16)31-22/h3-10,27-28H,1-2H3. The first-order chi connectivity index (χ1) is 14.8. The molecule has 2 N–H and O–H groups in total. The van der Waals surface area contributed by atoms with E-state index in [1.54, 1.807) is 31.2 Å². The predicted molar refractivity (Wildman–Crippen MR) is 118 cm³/mol. The van der Waals surface area contributed by atoms with E-state index in [9.17, 15) is 20.3 Å². The van der Waals surface area contributed by atoms with Crippen molar-refractivity contribution in [3.63, 3.8) is 0 Å². The maximum absolute atomic E-state index is 11.3. The highest BCUT2D eigenvalue weighted by molar-refractivity contribution is 6.33. The van der Waals surface area contributed by atoms with Crippen LogP contribution in [0.4, 0.5) is 11.4 Å². The number of aromatic nitrogens is 1. The third-order valence-electron chi connectivity index (χ3n) is 4.93. The van der Waals surface area contributed by atoms with Gasteiger partial charge in [0.25, 0.3) is 0 Å². The van der Waals surface area contributed by atoms with E-state index < -0.39 is 16.4 Å². The summed E-state index contributed by atoms with van der Waals surface area (Å²) >= 11 is 6.20. The third-order valence-corrected chi connectivity index (χ3v) is 5.49. The second kappa shape index (κ2) is 7.73. The number of hydrogen-bond donors (Lipinski definition) is 2. The van der Waals surface area contributed by atoms with Crippen molar-refractivity contribution in [1.29, 1.82) is 0 Å². The lowest BCUT2D eigenvalue weighted by Gasteiger charge is -2.10. The van der Waals surface area contributed by atoms with Crippen LogP contribution in [0.1, 0.15) is 16.7 Å². The number of nitro benzene ring substituents is 1. The molecule has 4 aromatic rings. The van der Waals surface area contributed by atoms with Crippen LogP contribution in [0, 0.1) is 24.0 Å². The van der Waals surface area contributed by atoms with Gasteiger partial charge in [0.15, 0.2) is 5.58 Å². The van der Waals surface area contributed by atoms with Crippen molar-refractivity contribution in [3.05, 3.63) is 74.3 Å². The molecule has 0 aliphatic carbocycles. The largest absolute Gasteiger partial charge is 0.507 e. The second-order valence-electron chi connectivity index (χ2n) is 6.88. The van der Waals surface area contributed by atoms with Crippen LogP contribution in [-0.2, 0) is 0 Å². The molecule has 0 amide bonds. The highest BCUT2D eigenvalue weighted by Crippen LogP contribution is 2.40. The van der Waals surface area contributed by atoms with Gasteiger partial charge in [-0.3, -0.25) is 15.1 Å². The molecule has 3 aromatic carbocycles. The number of phenolic OH excluding ortho intramolecular Hbond substituents is 2. The molecule has 0 radical (unpaired) electrons. The Bertz CT molecular complexity index is 1340. The molecule has 0 atom stereocenters. The Labute approximate surface area is 181 Å². The van der Waals surface area contributed by atoms with Crippen molar-refractivity contribution in [2.75, 3.05) is 0 Å². The average Bonchev–Trinajstić information content (AvgIpc) is 3.16. The average molecular weight is 438 g/mol. The summed E-state index contributed by atoms with van der Waals surface area (Å²) in [5.74, 6) is -0.348. The van der Waals surface area contributed by atoms with Crippen LogP contribution in [0.5, 0.6) is 11.5 Å². The molecule has 0 bridgehead atoms. The van der Waals surface area contributed by atoms with Crippen molar-refractivity contribution in [1.82, 2.24) is 4.98 Å². The number of phenols is 2. The fourth-order valence-corrected chi connectivity index (χ4v) is 3.47. The molecule has 0 aliphatic heterocycles. The summed E-state index contributed by atoms with van der Waals surface area (Å²) in [6, 6.07) is 11.9. The summed E-state index contributed by atoms with van der Waals surface area (Å²) in [5.41, 5.74) is 2.32. The molecular formula is C22H16ClN3O5. The van der Waals surface area contributed by atoms with Gasteiger partial charge < -0.3 is 14.6 Å². The summed E-state index contributed by atoms with van der Waals surface area (Å²) < 4.78 is 5.67. The van der Waals surface area contributed by atoms with Gasteiger partial charge in [0, 0.05) is 23.4 Å². The maximum Gasteiger partial charge on any atom is 0.315 e. The van der Waals surface area contributed by atoms with Gasteiger partial charge in [-0.25, -0.2) is 4.98 Å². The van der Waals surface area contributed by atoms with Crippen LogP contribution in [0.15, 0.2) is 51.9 Å². The van der Waals surface area contributed by atoms with Gasteiger partial charge in [-0.05, 0) is 43.7 Å². The van der Waals surface area contributed by atoms with E-state index >= 15 is 0 Å². The number of hydrogen-bond acceptors (Lipinski definition) is 7. The second-order valence-corrected chi connectivity index (χ2v) is 7.26. The molecule has 9 heteroatoms. The zero-order chi connectivity index (χ0) is 22.3. The van der Waals surface area contributed by atoms with Gasteiger partial charge in [0.05, 0.1) is 21.2 Å². The Morgan fingerprint density at radius 2 is 1.90 bits per heavy atom. The summed E-state index contributed by atoms with van der Waals surface area (Å²) in [5, 5.41) is 32.3. The lowest BCUT2D eigenvalue weighted by atomic mass is 10.0. The molecule has 4 rings (SSSR count). The first kappa shape index (κ1) is 20.4. The van der Waals surface area contributed by atoms with Gasteiger partial charge in [-0.15, -0.1) is 0 Å². The Kier molecular flexibility index (Phi) is 5.08.